The molecular weight excluding hydrogens is 428 g/mol. The van der Waals surface area contributed by atoms with Crippen LogP contribution >= 0.6 is 0 Å². The van der Waals surface area contributed by atoms with Gasteiger partial charge >= 0.3 is 0 Å². The van der Waals surface area contributed by atoms with Gasteiger partial charge in [0.2, 0.25) is 0 Å². The third kappa shape index (κ3) is 4.17. The van der Waals surface area contributed by atoms with Crippen molar-refractivity contribution in [2.24, 2.45) is 0 Å². The number of pyridine rings is 1. The molecule has 5 rings (SSSR count). The number of H-pyrrole nitrogens is 1. The third-order valence-electron chi connectivity index (χ3n) is 6.54. The fourth-order valence-electron chi connectivity index (χ4n) is 4.70. The smallest absolute Gasteiger partial charge is 0.257 e. The number of aromatic nitrogens is 2. The molecular formula is C27H28N4O3. The number of piperidine rings is 1. The van der Waals surface area contributed by atoms with Crippen LogP contribution in [0.15, 0.2) is 67.0 Å². The van der Waals surface area contributed by atoms with E-state index >= 15 is 0 Å². The lowest BCUT2D eigenvalue weighted by Crippen LogP contribution is -2.38. The molecule has 7 heteroatoms. The van der Waals surface area contributed by atoms with Crippen molar-refractivity contribution in [2.45, 2.75) is 18.8 Å². The highest BCUT2D eigenvalue weighted by Crippen LogP contribution is 2.35. The van der Waals surface area contributed by atoms with Crippen LogP contribution < -0.4 is 14.8 Å². The number of nitrogens with one attached hydrogen (secondary N) is 2. The minimum atomic E-state index is -0.00968. The van der Waals surface area contributed by atoms with Gasteiger partial charge in [0.1, 0.15) is 17.3 Å². The van der Waals surface area contributed by atoms with Crippen LogP contribution in [0.5, 0.6) is 11.5 Å². The van der Waals surface area contributed by atoms with E-state index in [0.717, 1.165) is 29.8 Å². The average Bonchev–Trinajstić information content (AvgIpc) is 3.32. The van der Waals surface area contributed by atoms with Crippen LogP contribution in [0.1, 0.15) is 34.7 Å². The molecule has 4 aromatic rings. The van der Waals surface area contributed by atoms with Gasteiger partial charge in [-0.2, -0.15) is 0 Å². The Labute approximate surface area is 198 Å². The largest absolute Gasteiger partial charge is 0.497 e. The number of benzene rings is 2. The van der Waals surface area contributed by atoms with E-state index in [0.29, 0.717) is 36.1 Å². The second-order valence-corrected chi connectivity index (χ2v) is 8.45. The van der Waals surface area contributed by atoms with Crippen LogP contribution in [0.4, 0.5) is 11.5 Å². The number of ether oxygens (including phenoxy) is 2. The molecule has 0 radical (unpaired) electrons. The lowest BCUT2D eigenvalue weighted by Gasteiger charge is -2.32. The molecule has 2 N–H and O–H groups in total. The van der Waals surface area contributed by atoms with E-state index in [4.69, 9.17) is 9.47 Å². The number of likely N-dealkylation sites (tertiary alicyclic amines) is 1. The van der Waals surface area contributed by atoms with Gasteiger partial charge in [-0.05, 0) is 66.8 Å². The lowest BCUT2D eigenvalue weighted by molar-refractivity contribution is 0.0714. The molecule has 0 saturated carbocycles. The summed E-state index contributed by atoms with van der Waals surface area (Å²) < 4.78 is 10.8. The Bertz CT molecular complexity index is 1310. The summed E-state index contributed by atoms with van der Waals surface area (Å²) in [6.45, 7) is 1.40. The molecule has 0 spiro atoms. The Balaban J connectivity index is 1.31. The minimum Gasteiger partial charge on any atom is -0.497 e. The van der Waals surface area contributed by atoms with Crippen molar-refractivity contribution in [3.63, 3.8) is 0 Å². The summed E-state index contributed by atoms with van der Waals surface area (Å²) in [4.78, 5) is 23.2. The van der Waals surface area contributed by atoms with Crippen LogP contribution in [0.2, 0.25) is 0 Å². The van der Waals surface area contributed by atoms with Gasteiger partial charge < -0.3 is 24.7 Å². The van der Waals surface area contributed by atoms with E-state index in [1.807, 2.05) is 41.3 Å². The predicted octanol–water partition coefficient (Wildman–Crippen LogP) is 5.34. The van der Waals surface area contributed by atoms with Crippen molar-refractivity contribution >= 4 is 28.3 Å². The normalized spacial score (nSPS) is 14.2. The number of amides is 1. The average molecular weight is 457 g/mol. The van der Waals surface area contributed by atoms with Gasteiger partial charge in [0.15, 0.2) is 0 Å². The number of anilines is 2. The summed E-state index contributed by atoms with van der Waals surface area (Å²) >= 11 is 0. The Hall–Kier alpha value is -4.00. The Kier molecular flexibility index (Phi) is 6.08. The van der Waals surface area contributed by atoms with Crippen molar-refractivity contribution in [1.82, 2.24) is 14.9 Å². The predicted molar refractivity (Wildman–Crippen MR) is 133 cm³/mol. The van der Waals surface area contributed by atoms with Crippen LogP contribution in [0, 0.1) is 0 Å². The minimum absolute atomic E-state index is 0.00968. The number of methoxy groups -OCH3 is 2. The number of nitrogens with zero attached hydrogens (tertiary/aromatic N) is 2. The summed E-state index contributed by atoms with van der Waals surface area (Å²) in [5.41, 5.74) is 3.73. The maximum Gasteiger partial charge on any atom is 0.257 e. The van der Waals surface area contributed by atoms with Gasteiger partial charge in [-0.15, -0.1) is 0 Å². The van der Waals surface area contributed by atoms with Gasteiger partial charge in [0.05, 0.1) is 25.5 Å². The van der Waals surface area contributed by atoms with E-state index < -0.39 is 0 Å². The zero-order valence-corrected chi connectivity index (χ0v) is 19.4. The maximum absolute atomic E-state index is 13.4. The topological polar surface area (TPSA) is 79.5 Å². The van der Waals surface area contributed by atoms with Gasteiger partial charge in [-0.25, -0.2) is 4.98 Å². The second kappa shape index (κ2) is 9.47. The highest BCUT2D eigenvalue weighted by atomic mass is 16.5. The number of carbonyl (C=O) groups excluding carboxylic acids is 1. The molecule has 2 aromatic heterocycles. The van der Waals surface area contributed by atoms with Crippen molar-refractivity contribution in [3.8, 4) is 11.5 Å². The first-order chi connectivity index (χ1) is 16.7. The quantitative estimate of drug-likeness (QED) is 0.409. The monoisotopic (exact) mass is 456 g/mol. The Morgan fingerprint density at radius 3 is 2.68 bits per heavy atom. The summed E-state index contributed by atoms with van der Waals surface area (Å²) in [6.07, 6.45) is 5.60. The molecule has 0 aliphatic carbocycles. The number of para-hydroxylation sites is 2. The fourth-order valence-corrected chi connectivity index (χ4v) is 4.70. The zero-order chi connectivity index (χ0) is 23.5. The lowest BCUT2D eigenvalue weighted by atomic mass is 9.89. The van der Waals surface area contributed by atoms with Crippen LogP contribution in [-0.2, 0) is 0 Å². The van der Waals surface area contributed by atoms with Crippen LogP contribution in [0.3, 0.4) is 0 Å². The fraction of sp³-hybridized carbons (Fsp3) is 0.259. The molecule has 1 saturated heterocycles. The molecule has 7 nitrogen and oxygen atoms in total. The molecule has 3 heterocycles. The molecule has 1 fully saturated rings. The molecule has 1 aliphatic heterocycles. The third-order valence-corrected chi connectivity index (χ3v) is 6.54. The van der Waals surface area contributed by atoms with E-state index in [2.05, 4.69) is 33.6 Å². The number of fused-ring (bicyclic) bond motifs is 1. The number of rotatable bonds is 6. The second-order valence-electron chi connectivity index (χ2n) is 8.45. The van der Waals surface area contributed by atoms with Gasteiger partial charge in [-0.1, -0.05) is 12.1 Å². The summed E-state index contributed by atoms with van der Waals surface area (Å²) in [5, 5.41) is 4.47. The molecule has 34 heavy (non-hydrogen) atoms. The van der Waals surface area contributed by atoms with Gasteiger partial charge in [0, 0.05) is 36.4 Å². The highest BCUT2D eigenvalue weighted by molar-refractivity contribution is 5.99. The van der Waals surface area contributed by atoms with E-state index in [1.165, 1.54) is 10.9 Å². The van der Waals surface area contributed by atoms with Gasteiger partial charge in [-0.3, -0.25) is 4.79 Å². The maximum atomic E-state index is 13.4. The van der Waals surface area contributed by atoms with Crippen molar-refractivity contribution in [1.29, 1.82) is 0 Å². The van der Waals surface area contributed by atoms with Crippen molar-refractivity contribution < 1.29 is 14.3 Å². The van der Waals surface area contributed by atoms with Crippen LogP contribution in [-0.4, -0.2) is 48.1 Å². The molecule has 1 amide bonds. The number of aromatic amines is 1. The number of carbonyl (C=O) groups is 1. The molecule has 0 bridgehead atoms. The van der Waals surface area contributed by atoms with Crippen molar-refractivity contribution in [2.75, 3.05) is 32.6 Å². The van der Waals surface area contributed by atoms with Crippen LogP contribution in [0.25, 0.3) is 10.9 Å². The first kappa shape index (κ1) is 21.8. The SMILES string of the molecule is COc1ccc2[nH]cc(C3CCN(C(=O)c4cccnc4Nc4ccccc4OC)CC3)c2c1. The van der Waals surface area contributed by atoms with E-state index in [1.54, 1.807) is 26.5 Å². The Morgan fingerprint density at radius 2 is 1.88 bits per heavy atom. The molecule has 0 unspecified atom stereocenters. The molecule has 0 atom stereocenters. The van der Waals surface area contributed by atoms with E-state index in [-0.39, 0.29) is 5.91 Å². The number of hydrogen-bond acceptors (Lipinski definition) is 5. The number of hydrogen-bond donors (Lipinski definition) is 2. The van der Waals surface area contributed by atoms with E-state index in [9.17, 15) is 4.79 Å². The molecule has 1 aliphatic rings. The summed E-state index contributed by atoms with van der Waals surface area (Å²) in [7, 11) is 3.31. The first-order valence-corrected chi connectivity index (χ1v) is 11.5. The molecule has 174 valence electrons. The van der Waals surface area contributed by atoms with Crippen molar-refractivity contribution in [3.05, 3.63) is 78.1 Å². The first-order valence-electron chi connectivity index (χ1n) is 11.5. The van der Waals surface area contributed by atoms with Gasteiger partial charge in [0.25, 0.3) is 5.91 Å². The Morgan fingerprint density at radius 1 is 1.06 bits per heavy atom. The zero-order valence-electron chi connectivity index (χ0n) is 19.4. The summed E-state index contributed by atoms with van der Waals surface area (Å²) in [6, 6.07) is 17.3. The standard InChI is InChI=1S/C27H28N4O3/c1-33-19-9-10-23-21(16-19)22(17-29-23)18-11-14-31(15-12-18)27(32)20-6-5-13-28-26(20)30-24-7-3-4-8-25(24)34-2/h3-10,13,16-18,29H,11-12,14-15H2,1-2H3,(H,28,30). The molecule has 2 aromatic carbocycles. The summed E-state index contributed by atoms with van der Waals surface area (Å²) in [5.74, 6) is 2.47. The highest BCUT2D eigenvalue weighted by Gasteiger charge is 2.27.